The first-order valence-electron chi connectivity index (χ1n) is 13.5. The van der Waals surface area contributed by atoms with Crippen LogP contribution >= 0.6 is 0 Å². The topological polar surface area (TPSA) is 76.1 Å². The molecule has 2 heterocycles. The van der Waals surface area contributed by atoms with Gasteiger partial charge in [-0.25, -0.2) is 9.18 Å². The van der Waals surface area contributed by atoms with Crippen LogP contribution in [-0.2, 0) is 33.7 Å². The summed E-state index contributed by atoms with van der Waals surface area (Å²) in [4.78, 5) is 27.7. The number of aliphatic carboxylic acids is 1. The fourth-order valence-corrected chi connectivity index (χ4v) is 5.94. The quantitative estimate of drug-likeness (QED) is 0.484. The fraction of sp³-hybridized carbons (Fsp3) is 0.548. The Morgan fingerprint density at radius 2 is 1.82 bits per heavy atom. The van der Waals surface area contributed by atoms with Crippen LogP contribution < -0.4 is 4.74 Å². The van der Waals surface area contributed by atoms with Crippen molar-refractivity contribution in [1.29, 1.82) is 0 Å². The van der Waals surface area contributed by atoms with Crippen molar-refractivity contribution in [3.63, 3.8) is 0 Å². The molecular weight excluding hydrogens is 485 g/mol. The van der Waals surface area contributed by atoms with Gasteiger partial charge in [-0.05, 0) is 105 Å². The number of hydrogen-bond donors (Lipinski definition) is 1. The van der Waals surface area contributed by atoms with E-state index in [-0.39, 0.29) is 12.3 Å². The van der Waals surface area contributed by atoms with Crippen LogP contribution in [0.1, 0.15) is 86.1 Å². The van der Waals surface area contributed by atoms with Crippen LogP contribution in [0.15, 0.2) is 6.07 Å². The third-order valence-electron chi connectivity index (χ3n) is 7.60. The minimum atomic E-state index is -1.28. The van der Waals surface area contributed by atoms with Crippen molar-refractivity contribution < 1.29 is 28.6 Å². The van der Waals surface area contributed by atoms with Crippen LogP contribution in [0, 0.1) is 32.5 Å². The molecule has 4 rings (SSSR count). The normalized spacial score (nSPS) is 16.3. The molecule has 0 bridgehead atoms. The van der Waals surface area contributed by atoms with E-state index in [0.717, 1.165) is 39.8 Å². The molecule has 2 aliphatic heterocycles. The molecule has 0 aliphatic carbocycles. The standard InChI is InChI=1S/C31H40FNO5/c1-16(2)14-33-15-23-19(5)26(22-12-24(32)28-20(17(22)3)10-9-11-37-28)27(18(4)21(23)13-25(33)34)29(30(35)36)38-31(6,7)8/h12,16,29H,9-11,13-15H2,1-8H3,(H,35,36)/t29-/m0/s1. The third kappa shape index (κ3) is 5.18. The SMILES string of the molecule is Cc1c(-c2c(C)c3c(c(C)c2[C@H](OC(C)(C)C)C(=O)O)CC(=O)N(CC(C)C)C3)cc(F)c2c1CCCO2. The van der Waals surface area contributed by atoms with Gasteiger partial charge >= 0.3 is 5.97 Å². The van der Waals surface area contributed by atoms with Gasteiger partial charge in [-0.2, -0.15) is 0 Å². The summed E-state index contributed by atoms with van der Waals surface area (Å²) in [6, 6.07) is 1.48. The zero-order valence-corrected chi connectivity index (χ0v) is 23.9. The highest BCUT2D eigenvalue weighted by molar-refractivity contribution is 5.88. The Kier molecular flexibility index (Phi) is 7.63. The van der Waals surface area contributed by atoms with Gasteiger partial charge in [0, 0.05) is 24.2 Å². The monoisotopic (exact) mass is 525 g/mol. The van der Waals surface area contributed by atoms with Crippen molar-refractivity contribution in [2.75, 3.05) is 13.2 Å². The van der Waals surface area contributed by atoms with Gasteiger partial charge in [0.25, 0.3) is 0 Å². The van der Waals surface area contributed by atoms with E-state index in [1.807, 2.05) is 46.4 Å². The Labute approximate surface area is 225 Å². The highest BCUT2D eigenvalue weighted by atomic mass is 19.1. The lowest BCUT2D eigenvalue weighted by Crippen LogP contribution is -2.39. The second-order valence-electron chi connectivity index (χ2n) is 12.1. The molecule has 0 unspecified atom stereocenters. The van der Waals surface area contributed by atoms with Crippen LogP contribution in [0.4, 0.5) is 4.39 Å². The van der Waals surface area contributed by atoms with Crippen molar-refractivity contribution in [2.24, 2.45) is 5.92 Å². The molecule has 2 aromatic rings. The molecule has 2 aromatic carbocycles. The van der Waals surface area contributed by atoms with Gasteiger partial charge in [-0.15, -0.1) is 0 Å². The van der Waals surface area contributed by atoms with E-state index in [2.05, 4.69) is 13.8 Å². The molecule has 1 atom stereocenters. The molecule has 0 aromatic heterocycles. The van der Waals surface area contributed by atoms with Gasteiger partial charge in [0.05, 0.1) is 18.6 Å². The summed E-state index contributed by atoms with van der Waals surface area (Å²) in [5.74, 6) is -0.924. The number of carbonyl (C=O) groups is 2. The van der Waals surface area contributed by atoms with E-state index in [9.17, 15) is 14.7 Å². The first-order valence-corrected chi connectivity index (χ1v) is 13.5. The summed E-state index contributed by atoms with van der Waals surface area (Å²) in [7, 11) is 0. The number of nitrogens with zero attached hydrogens (tertiary/aromatic N) is 1. The van der Waals surface area contributed by atoms with Crippen molar-refractivity contribution >= 4 is 11.9 Å². The largest absolute Gasteiger partial charge is 0.490 e. The zero-order valence-electron chi connectivity index (χ0n) is 23.9. The molecule has 206 valence electrons. The Morgan fingerprint density at radius 3 is 2.42 bits per heavy atom. The molecule has 2 aliphatic rings. The lowest BCUT2D eigenvalue weighted by Gasteiger charge is -2.36. The maximum Gasteiger partial charge on any atom is 0.337 e. The molecule has 0 saturated carbocycles. The summed E-state index contributed by atoms with van der Waals surface area (Å²) >= 11 is 0. The van der Waals surface area contributed by atoms with Crippen LogP contribution in [0.5, 0.6) is 5.75 Å². The molecule has 0 fully saturated rings. The van der Waals surface area contributed by atoms with Crippen molar-refractivity contribution in [3.8, 4) is 16.9 Å². The van der Waals surface area contributed by atoms with Gasteiger partial charge in [0.15, 0.2) is 17.7 Å². The number of ether oxygens (including phenoxy) is 2. The Bertz CT molecular complexity index is 1290. The van der Waals surface area contributed by atoms with Gasteiger partial charge in [0.1, 0.15) is 0 Å². The van der Waals surface area contributed by atoms with Crippen molar-refractivity contribution in [2.45, 2.75) is 92.9 Å². The van der Waals surface area contributed by atoms with E-state index in [4.69, 9.17) is 9.47 Å². The van der Waals surface area contributed by atoms with Crippen LogP contribution in [0.2, 0.25) is 0 Å². The maximum atomic E-state index is 15.5. The number of amides is 1. The minimum Gasteiger partial charge on any atom is -0.490 e. The Balaban J connectivity index is 2.06. The number of hydrogen-bond acceptors (Lipinski definition) is 4. The number of fused-ring (bicyclic) bond motifs is 2. The zero-order chi connectivity index (χ0) is 28.1. The van der Waals surface area contributed by atoms with E-state index in [1.165, 1.54) is 6.07 Å². The lowest BCUT2D eigenvalue weighted by molar-refractivity contribution is -0.160. The lowest BCUT2D eigenvalue weighted by atomic mass is 9.78. The molecular formula is C31H40FNO5. The van der Waals surface area contributed by atoms with Gasteiger partial charge < -0.3 is 19.5 Å². The molecule has 6 nitrogen and oxygen atoms in total. The van der Waals surface area contributed by atoms with E-state index < -0.39 is 23.5 Å². The van der Waals surface area contributed by atoms with Gasteiger partial charge in [-0.1, -0.05) is 13.8 Å². The predicted molar refractivity (Wildman–Crippen MR) is 145 cm³/mol. The van der Waals surface area contributed by atoms with Crippen molar-refractivity contribution in [3.05, 3.63) is 50.8 Å². The molecule has 38 heavy (non-hydrogen) atoms. The smallest absolute Gasteiger partial charge is 0.337 e. The molecule has 1 amide bonds. The molecule has 1 N–H and O–H groups in total. The highest BCUT2D eigenvalue weighted by Crippen LogP contribution is 2.46. The number of rotatable bonds is 6. The highest BCUT2D eigenvalue weighted by Gasteiger charge is 2.37. The molecule has 7 heteroatoms. The van der Waals surface area contributed by atoms with Crippen LogP contribution in [0.25, 0.3) is 11.1 Å². The van der Waals surface area contributed by atoms with Gasteiger partial charge in [-0.3, -0.25) is 4.79 Å². The van der Waals surface area contributed by atoms with E-state index in [0.29, 0.717) is 54.5 Å². The number of carboxylic acid groups (broad SMARTS) is 1. The van der Waals surface area contributed by atoms with Crippen LogP contribution in [-0.4, -0.2) is 40.6 Å². The maximum absolute atomic E-state index is 15.5. The van der Waals surface area contributed by atoms with E-state index in [1.54, 1.807) is 0 Å². The van der Waals surface area contributed by atoms with E-state index >= 15 is 4.39 Å². The Hall–Kier alpha value is -2.93. The second kappa shape index (κ2) is 10.3. The average Bonchev–Trinajstić information content (AvgIpc) is 2.82. The third-order valence-corrected chi connectivity index (χ3v) is 7.60. The molecule has 0 saturated heterocycles. The van der Waals surface area contributed by atoms with Crippen LogP contribution in [0.3, 0.4) is 0 Å². The number of carbonyl (C=O) groups excluding carboxylic acids is 1. The summed E-state index contributed by atoms with van der Waals surface area (Å²) in [5, 5.41) is 10.4. The summed E-state index contributed by atoms with van der Waals surface area (Å²) in [6.45, 7) is 17.0. The number of halogens is 1. The summed E-state index contributed by atoms with van der Waals surface area (Å²) < 4.78 is 27.3. The van der Waals surface area contributed by atoms with Crippen molar-refractivity contribution in [1.82, 2.24) is 4.90 Å². The van der Waals surface area contributed by atoms with Gasteiger partial charge in [0.2, 0.25) is 5.91 Å². The first kappa shape index (κ1) is 28.1. The Morgan fingerprint density at radius 1 is 1.13 bits per heavy atom. The summed E-state index contributed by atoms with van der Waals surface area (Å²) in [6.07, 6.45) is 0.410. The predicted octanol–water partition coefficient (Wildman–Crippen LogP) is 6.22. The second-order valence-corrected chi connectivity index (χ2v) is 12.1. The molecule has 0 spiro atoms. The fourth-order valence-electron chi connectivity index (χ4n) is 5.94. The number of benzene rings is 2. The number of carboxylic acids is 1. The average molecular weight is 526 g/mol. The molecule has 0 radical (unpaired) electrons. The first-order chi connectivity index (χ1) is 17.7. The minimum absolute atomic E-state index is 0.0316. The summed E-state index contributed by atoms with van der Waals surface area (Å²) in [5.41, 5.74) is 6.25.